The van der Waals surface area contributed by atoms with Crippen molar-refractivity contribution in [1.82, 2.24) is 0 Å². The van der Waals surface area contributed by atoms with Crippen LogP contribution >= 0.6 is 0 Å². The van der Waals surface area contributed by atoms with Gasteiger partial charge in [-0.05, 0) is 45.4 Å². The Hall–Kier alpha value is -1.35. The molecule has 0 amide bonds. The SMILES string of the molecule is [2H]OC(C)(C)Cc1ccc(NC(C)(C)C(=O)C(C)C)cc1. The first kappa shape index (κ1) is 15.0. The van der Waals surface area contributed by atoms with E-state index >= 15 is 0 Å². The summed E-state index contributed by atoms with van der Waals surface area (Å²) in [4.78, 5) is 12.2. The number of carbonyl (C=O) groups excluding carboxylic acids is 1. The molecule has 0 unspecified atom stereocenters. The molecule has 3 nitrogen and oxygen atoms in total. The third-order valence-electron chi connectivity index (χ3n) is 3.18. The normalized spacial score (nSPS) is 13.2. The molecule has 2 N–H and O–H groups in total. The van der Waals surface area contributed by atoms with E-state index in [4.69, 9.17) is 6.54 Å². The summed E-state index contributed by atoms with van der Waals surface area (Å²) >= 11 is 0. The summed E-state index contributed by atoms with van der Waals surface area (Å²) in [6.45, 7) is 11.4. The first-order chi connectivity index (χ1) is 9.57. The van der Waals surface area contributed by atoms with Gasteiger partial charge in [-0.2, -0.15) is 0 Å². The van der Waals surface area contributed by atoms with Crippen molar-refractivity contribution in [2.24, 2.45) is 5.92 Å². The summed E-state index contributed by atoms with van der Waals surface area (Å²) in [7, 11) is 0. The molecule has 3 heteroatoms. The Labute approximate surface area is 123 Å². The lowest BCUT2D eigenvalue weighted by atomic mass is 9.90. The van der Waals surface area contributed by atoms with Crippen LogP contribution in [0.1, 0.15) is 47.1 Å². The maximum atomic E-state index is 12.2. The minimum Gasteiger partial charge on any atom is -0.390 e. The Morgan fingerprint density at radius 3 is 2.25 bits per heavy atom. The highest BCUT2D eigenvalue weighted by molar-refractivity contribution is 5.91. The van der Waals surface area contributed by atoms with Crippen molar-refractivity contribution in [2.45, 2.75) is 59.1 Å². The number of aliphatic hydroxyl groups is 1. The van der Waals surface area contributed by atoms with Crippen molar-refractivity contribution < 1.29 is 9.90 Å². The van der Waals surface area contributed by atoms with Crippen LogP contribution in [-0.4, -0.2) is 23.5 Å². The second kappa shape index (κ2) is 5.96. The number of hydrogen-bond acceptors (Lipinski definition) is 3. The largest absolute Gasteiger partial charge is 0.390 e. The number of anilines is 1. The quantitative estimate of drug-likeness (QED) is 0.803. The molecule has 0 bridgehead atoms. The van der Waals surface area contributed by atoms with Crippen LogP contribution in [0.25, 0.3) is 0 Å². The van der Waals surface area contributed by atoms with Crippen LogP contribution in [-0.2, 0) is 11.2 Å². The fraction of sp³-hybridized carbons (Fsp3) is 0.588. The van der Waals surface area contributed by atoms with Gasteiger partial charge in [-0.1, -0.05) is 26.0 Å². The molecule has 1 aromatic carbocycles. The highest BCUT2D eigenvalue weighted by Crippen LogP contribution is 2.21. The van der Waals surface area contributed by atoms with E-state index in [0.29, 0.717) is 6.42 Å². The molecular formula is C17H27NO2. The van der Waals surface area contributed by atoms with Crippen LogP contribution < -0.4 is 5.32 Å². The number of nitrogens with one attached hydrogen (secondary N) is 1. The highest BCUT2D eigenvalue weighted by Gasteiger charge is 2.29. The lowest BCUT2D eigenvalue weighted by Gasteiger charge is -2.28. The van der Waals surface area contributed by atoms with Gasteiger partial charge in [0.25, 0.3) is 0 Å². The predicted molar refractivity (Wildman–Crippen MR) is 84.0 cm³/mol. The summed E-state index contributed by atoms with van der Waals surface area (Å²) in [5, 5.41) is 7.99. The molecule has 112 valence electrons. The van der Waals surface area contributed by atoms with E-state index in [2.05, 4.69) is 5.32 Å². The average Bonchev–Trinajstić information content (AvgIpc) is 2.39. The maximum absolute atomic E-state index is 12.2. The molecule has 1 rings (SSSR count). The zero-order chi connectivity index (χ0) is 16.3. The van der Waals surface area contributed by atoms with E-state index in [1.807, 2.05) is 65.8 Å². The molecule has 0 aromatic heterocycles. The van der Waals surface area contributed by atoms with E-state index in [1.165, 1.54) is 0 Å². The summed E-state index contributed by atoms with van der Waals surface area (Å²) < 4.78 is 7.05. The second-order valence-corrected chi connectivity index (χ2v) is 6.90. The Bertz CT molecular complexity index is 478. The highest BCUT2D eigenvalue weighted by atomic mass is 16.3. The monoisotopic (exact) mass is 278 g/mol. The summed E-state index contributed by atoms with van der Waals surface area (Å²) in [6, 6.07) is 7.92. The van der Waals surface area contributed by atoms with E-state index in [9.17, 15) is 4.79 Å². The number of benzene rings is 1. The van der Waals surface area contributed by atoms with Gasteiger partial charge < -0.3 is 10.4 Å². The molecule has 0 spiro atoms. The second-order valence-electron chi connectivity index (χ2n) is 6.90. The van der Waals surface area contributed by atoms with Gasteiger partial charge in [-0.15, -0.1) is 0 Å². The van der Waals surface area contributed by atoms with Gasteiger partial charge in [-0.3, -0.25) is 4.79 Å². The third-order valence-corrected chi connectivity index (χ3v) is 3.18. The first-order valence-electron chi connectivity index (χ1n) is 7.54. The van der Waals surface area contributed by atoms with E-state index in [0.717, 1.165) is 11.3 Å². The molecule has 20 heavy (non-hydrogen) atoms. The van der Waals surface area contributed by atoms with Crippen LogP contribution in [0, 0.1) is 5.92 Å². The van der Waals surface area contributed by atoms with E-state index < -0.39 is 11.1 Å². The van der Waals surface area contributed by atoms with E-state index in [-0.39, 0.29) is 11.7 Å². The Morgan fingerprint density at radius 2 is 1.80 bits per heavy atom. The first-order valence-corrected chi connectivity index (χ1v) is 7.13. The molecule has 0 radical (unpaired) electrons. The molecule has 0 atom stereocenters. The molecule has 0 aliphatic carbocycles. The topological polar surface area (TPSA) is 49.3 Å². The number of rotatable bonds is 7. The minimum absolute atomic E-state index is 0.00164. The molecular weight excluding hydrogens is 250 g/mol. The standard InChI is InChI=1S/C17H27NO2/c1-12(2)15(19)17(5,6)18-14-9-7-13(8-10-14)11-16(3,4)20/h7-10,12,18,20H,11H2,1-6H3/i20D. The van der Waals surface area contributed by atoms with Crippen LogP contribution in [0.5, 0.6) is 0 Å². The number of carbonyl (C=O) groups is 1. The lowest BCUT2D eigenvalue weighted by Crippen LogP contribution is -2.42. The number of ketones is 1. The minimum atomic E-state index is -0.584. The fourth-order valence-electron chi connectivity index (χ4n) is 2.34. The van der Waals surface area contributed by atoms with Gasteiger partial charge >= 0.3 is 0 Å². The van der Waals surface area contributed by atoms with E-state index in [1.54, 1.807) is 0 Å². The third kappa shape index (κ3) is 4.97. The Balaban J connectivity index is 2.77. The molecule has 0 fully saturated rings. The molecule has 0 saturated carbocycles. The number of Topliss-reactive ketones (excluding diaryl/α,β-unsaturated/α-hetero) is 1. The Kier molecular flexibility index (Phi) is 4.48. The van der Waals surface area contributed by atoms with Crippen LogP contribution in [0.2, 0.25) is 0 Å². The zero-order valence-electron chi connectivity index (χ0n) is 14.4. The fourth-order valence-corrected chi connectivity index (χ4v) is 2.34. The smallest absolute Gasteiger partial charge is 0.211 e. The maximum Gasteiger partial charge on any atom is 0.211 e. The summed E-state index contributed by atoms with van der Waals surface area (Å²) in [6.07, 6.45) is 0.672. The van der Waals surface area contributed by atoms with Crippen molar-refractivity contribution in [1.29, 1.82) is 1.43 Å². The van der Waals surface area contributed by atoms with Crippen molar-refractivity contribution in [2.75, 3.05) is 5.32 Å². The van der Waals surface area contributed by atoms with Crippen LogP contribution in [0.15, 0.2) is 24.3 Å². The van der Waals surface area contributed by atoms with Crippen molar-refractivity contribution >= 4 is 11.5 Å². The molecule has 1 aromatic rings. The summed E-state index contributed by atoms with van der Waals surface area (Å²) in [5.74, 6) is 0.192. The van der Waals surface area contributed by atoms with Gasteiger partial charge in [-0.25, -0.2) is 0 Å². The van der Waals surface area contributed by atoms with Crippen LogP contribution in [0.3, 0.4) is 0 Å². The van der Waals surface area contributed by atoms with Crippen LogP contribution in [0.4, 0.5) is 5.69 Å². The van der Waals surface area contributed by atoms with Gasteiger partial charge in [0.1, 0.15) is 0 Å². The van der Waals surface area contributed by atoms with Gasteiger partial charge in [0, 0.05) is 18.0 Å². The molecule has 0 heterocycles. The number of hydrogen-bond donors (Lipinski definition) is 2. The van der Waals surface area contributed by atoms with Gasteiger partial charge in [0.2, 0.25) is 1.43 Å². The van der Waals surface area contributed by atoms with Gasteiger partial charge in [0.15, 0.2) is 5.78 Å². The van der Waals surface area contributed by atoms with Crippen molar-refractivity contribution in [3.63, 3.8) is 0 Å². The van der Waals surface area contributed by atoms with Crippen molar-refractivity contribution in [3.05, 3.63) is 29.8 Å². The lowest BCUT2D eigenvalue weighted by molar-refractivity contribution is -0.125. The summed E-state index contributed by atoms with van der Waals surface area (Å²) in [5.41, 5.74) is 0.939. The molecule has 0 aliphatic heterocycles. The van der Waals surface area contributed by atoms with Gasteiger partial charge in [0.05, 0.1) is 11.1 Å². The molecule has 0 aliphatic rings. The average molecular weight is 278 g/mol. The van der Waals surface area contributed by atoms with Crippen molar-refractivity contribution in [3.8, 4) is 0 Å². The predicted octanol–water partition coefficient (Wildman–Crippen LogP) is 3.42. The zero-order valence-corrected chi connectivity index (χ0v) is 13.4. The Morgan fingerprint density at radius 1 is 1.25 bits per heavy atom. The molecule has 0 saturated heterocycles.